The van der Waals surface area contributed by atoms with Gasteiger partial charge in [0.15, 0.2) is 0 Å². The molecule has 0 saturated carbocycles. The van der Waals surface area contributed by atoms with E-state index in [0.29, 0.717) is 6.07 Å². The molecule has 0 spiro atoms. The van der Waals surface area contributed by atoms with Crippen molar-refractivity contribution in [1.29, 1.82) is 0 Å². The molecule has 15 heavy (non-hydrogen) atoms. The lowest BCUT2D eigenvalue weighted by Gasteiger charge is -2.09. The lowest BCUT2D eigenvalue weighted by Crippen LogP contribution is -2.07. The van der Waals surface area contributed by atoms with Gasteiger partial charge in [0.2, 0.25) is 0 Å². The first-order valence-electron chi connectivity index (χ1n) is 3.86. The van der Waals surface area contributed by atoms with Crippen LogP contribution in [0.5, 0.6) is 5.75 Å². The van der Waals surface area contributed by atoms with Crippen LogP contribution >= 0.6 is 11.6 Å². The minimum absolute atomic E-state index is 0.0433. The molecule has 1 rings (SSSR count). The zero-order chi connectivity index (χ0) is 11.6. The Morgan fingerprint density at radius 1 is 1.40 bits per heavy atom. The highest BCUT2D eigenvalue weighted by atomic mass is 35.5. The van der Waals surface area contributed by atoms with E-state index in [1.165, 1.54) is 0 Å². The molecule has 0 bridgehead atoms. The van der Waals surface area contributed by atoms with Crippen molar-refractivity contribution in [1.82, 2.24) is 0 Å². The summed E-state index contributed by atoms with van der Waals surface area (Å²) in [5, 5.41) is -0.0433. The first-order chi connectivity index (χ1) is 6.80. The summed E-state index contributed by atoms with van der Waals surface area (Å²) in [5.74, 6) is -1.02. The molecule has 2 nitrogen and oxygen atoms in total. The maximum atomic E-state index is 12.3. The highest BCUT2D eigenvalue weighted by molar-refractivity contribution is 6.32. The van der Waals surface area contributed by atoms with Crippen LogP contribution in [0.15, 0.2) is 18.2 Å². The minimum Gasteiger partial charge on any atom is -0.425 e. The number of alkyl halides is 3. The maximum absolute atomic E-state index is 12.3. The quantitative estimate of drug-likeness (QED) is 0.554. The van der Waals surface area contributed by atoms with Crippen LogP contribution < -0.4 is 4.74 Å². The molecule has 0 saturated heterocycles. The molecule has 0 aliphatic rings. The summed E-state index contributed by atoms with van der Waals surface area (Å²) in [6.07, 6.45) is -4.49. The summed E-state index contributed by atoms with van der Waals surface area (Å²) >= 11 is 5.55. The number of ether oxygens (including phenoxy) is 1. The molecule has 0 aromatic heterocycles. The molecule has 1 aromatic rings. The van der Waals surface area contributed by atoms with Crippen LogP contribution in [0.4, 0.5) is 13.2 Å². The number of carbonyl (C=O) groups is 1. The Hall–Kier alpha value is -1.23. The average molecular weight is 239 g/mol. The number of hydrogen-bond donors (Lipinski definition) is 0. The monoisotopic (exact) mass is 238 g/mol. The van der Waals surface area contributed by atoms with E-state index in [1.54, 1.807) is 0 Å². The zero-order valence-electron chi connectivity index (χ0n) is 7.56. The summed E-state index contributed by atoms with van der Waals surface area (Å²) in [7, 11) is 0. The number of halogens is 4. The molecule has 82 valence electrons. The van der Waals surface area contributed by atoms with E-state index in [0.717, 1.165) is 19.1 Å². The standard InChI is InChI=1S/C9H6ClF3O2/c1-5(14)15-8-4-6(9(11,12)13)2-3-7(8)10/h2-4H,1H3. The molecule has 0 unspecified atom stereocenters. The van der Waals surface area contributed by atoms with Gasteiger partial charge in [-0.05, 0) is 18.2 Å². The van der Waals surface area contributed by atoms with Crippen molar-refractivity contribution in [2.75, 3.05) is 0 Å². The summed E-state index contributed by atoms with van der Waals surface area (Å²) < 4.78 is 41.3. The Labute approximate surface area is 88.6 Å². The van der Waals surface area contributed by atoms with Crippen LogP contribution in [-0.4, -0.2) is 5.97 Å². The van der Waals surface area contributed by atoms with Gasteiger partial charge in [-0.2, -0.15) is 13.2 Å². The second-order valence-electron chi connectivity index (χ2n) is 2.74. The Morgan fingerprint density at radius 2 is 2.00 bits per heavy atom. The van der Waals surface area contributed by atoms with E-state index in [-0.39, 0.29) is 10.8 Å². The maximum Gasteiger partial charge on any atom is 0.416 e. The molecule has 0 aliphatic carbocycles. The van der Waals surface area contributed by atoms with Crippen molar-refractivity contribution < 1.29 is 22.7 Å². The highest BCUT2D eigenvalue weighted by Crippen LogP contribution is 2.34. The van der Waals surface area contributed by atoms with Crippen LogP contribution in [0.2, 0.25) is 5.02 Å². The fourth-order valence-corrected chi connectivity index (χ4v) is 1.07. The minimum atomic E-state index is -4.49. The fraction of sp³-hybridized carbons (Fsp3) is 0.222. The van der Waals surface area contributed by atoms with Crippen LogP contribution in [0.3, 0.4) is 0 Å². The lowest BCUT2D eigenvalue weighted by molar-refractivity contribution is -0.138. The van der Waals surface area contributed by atoms with Crippen molar-refractivity contribution in [2.24, 2.45) is 0 Å². The number of esters is 1. The van der Waals surface area contributed by atoms with Gasteiger partial charge in [0.1, 0.15) is 5.75 Å². The summed E-state index contributed by atoms with van der Waals surface area (Å²) in [5.41, 5.74) is -0.914. The largest absolute Gasteiger partial charge is 0.425 e. The van der Waals surface area contributed by atoms with Crippen molar-refractivity contribution in [3.63, 3.8) is 0 Å². The summed E-state index contributed by atoms with van der Waals surface area (Å²) in [6, 6.07) is 2.53. The van der Waals surface area contributed by atoms with E-state index >= 15 is 0 Å². The third-order valence-electron chi connectivity index (χ3n) is 1.51. The van der Waals surface area contributed by atoms with Gasteiger partial charge in [-0.1, -0.05) is 11.6 Å². The number of rotatable bonds is 1. The zero-order valence-corrected chi connectivity index (χ0v) is 8.32. The molecule has 0 radical (unpaired) electrons. The molecule has 1 aromatic carbocycles. The summed E-state index contributed by atoms with van der Waals surface area (Å²) in [6.45, 7) is 1.08. The predicted octanol–water partition coefficient (Wildman–Crippen LogP) is 3.28. The number of hydrogen-bond acceptors (Lipinski definition) is 2. The van der Waals surface area contributed by atoms with Crippen LogP contribution in [0.25, 0.3) is 0 Å². The van der Waals surface area contributed by atoms with E-state index < -0.39 is 17.7 Å². The van der Waals surface area contributed by atoms with E-state index in [9.17, 15) is 18.0 Å². The van der Waals surface area contributed by atoms with Gasteiger partial charge in [0, 0.05) is 6.92 Å². The third-order valence-corrected chi connectivity index (χ3v) is 1.82. The molecule has 6 heteroatoms. The average Bonchev–Trinajstić information content (AvgIpc) is 2.06. The van der Waals surface area contributed by atoms with Gasteiger partial charge in [-0.25, -0.2) is 0 Å². The first-order valence-corrected chi connectivity index (χ1v) is 4.23. The normalized spacial score (nSPS) is 11.3. The van der Waals surface area contributed by atoms with Gasteiger partial charge >= 0.3 is 12.1 Å². The molecule has 0 aliphatic heterocycles. The fourth-order valence-electron chi connectivity index (χ4n) is 0.913. The first kappa shape index (κ1) is 11.8. The Kier molecular flexibility index (Phi) is 3.24. The van der Waals surface area contributed by atoms with E-state index in [4.69, 9.17) is 11.6 Å². The van der Waals surface area contributed by atoms with Crippen LogP contribution in [-0.2, 0) is 11.0 Å². The Balaban J connectivity index is 3.11. The van der Waals surface area contributed by atoms with Crippen molar-refractivity contribution in [2.45, 2.75) is 13.1 Å². The second-order valence-corrected chi connectivity index (χ2v) is 3.14. The Bertz CT molecular complexity index is 387. The van der Waals surface area contributed by atoms with Gasteiger partial charge < -0.3 is 4.74 Å². The number of carbonyl (C=O) groups excluding carboxylic acids is 1. The van der Waals surface area contributed by atoms with E-state index in [2.05, 4.69) is 4.74 Å². The van der Waals surface area contributed by atoms with Gasteiger partial charge in [0.05, 0.1) is 10.6 Å². The van der Waals surface area contributed by atoms with Crippen molar-refractivity contribution >= 4 is 17.6 Å². The van der Waals surface area contributed by atoms with E-state index in [1.807, 2.05) is 0 Å². The molecular weight excluding hydrogens is 233 g/mol. The number of benzene rings is 1. The van der Waals surface area contributed by atoms with Crippen molar-refractivity contribution in [3.05, 3.63) is 28.8 Å². The van der Waals surface area contributed by atoms with Gasteiger partial charge in [-0.3, -0.25) is 4.79 Å². The summed E-state index contributed by atoms with van der Waals surface area (Å²) in [4.78, 5) is 10.6. The molecule has 0 heterocycles. The van der Waals surface area contributed by atoms with Gasteiger partial charge in [-0.15, -0.1) is 0 Å². The van der Waals surface area contributed by atoms with Gasteiger partial charge in [0.25, 0.3) is 0 Å². The highest BCUT2D eigenvalue weighted by Gasteiger charge is 2.31. The lowest BCUT2D eigenvalue weighted by atomic mass is 10.2. The predicted molar refractivity (Wildman–Crippen MR) is 47.8 cm³/mol. The smallest absolute Gasteiger partial charge is 0.416 e. The van der Waals surface area contributed by atoms with Crippen molar-refractivity contribution in [3.8, 4) is 5.75 Å². The third kappa shape index (κ3) is 3.13. The molecule has 0 N–H and O–H groups in total. The second kappa shape index (κ2) is 4.10. The van der Waals surface area contributed by atoms with Crippen LogP contribution in [0.1, 0.15) is 12.5 Å². The Morgan fingerprint density at radius 3 is 2.47 bits per heavy atom. The molecular formula is C9H6ClF3O2. The topological polar surface area (TPSA) is 26.3 Å². The molecule has 0 fully saturated rings. The molecule has 0 atom stereocenters. The van der Waals surface area contributed by atoms with Crippen LogP contribution in [0, 0.1) is 0 Å². The molecule has 0 amide bonds. The SMILES string of the molecule is CC(=O)Oc1cc(C(F)(F)F)ccc1Cl.